The molecular weight excluding hydrogens is 234 g/mol. The largest absolute Gasteiger partial charge is 0.317 e. The second-order valence-electron chi connectivity index (χ2n) is 5.56. The molecular formula is C16H23N3. The average Bonchev–Trinajstić information content (AvgIpc) is 2.38. The summed E-state index contributed by atoms with van der Waals surface area (Å²) < 4.78 is 0. The predicted molar refractivity (Wildman–Crippen MR) is 80.3 cm³/mol. The van der Waals surface area contributed by atoms with Gasteiger partial charge in [0.1, 0.15) is 0 Å². The number of likely N-dealkylation sites (N-methyl/N-ethyl adjacent to an activating group) is 1. The van der Waals surface area contributed by atoms with Gasteiger partial charge < -0.3 is 5.32 Å². The highest BCUT2D eigenvalue weighted by Gasteiger charge is 2.13. The molecule has 3 nitrogen and oxygen atoms in total. The molecule has 19 heavy (non-hydrogen) atoms. The molecule has 2 rings (SSSR count). The number of hydrogen-bond acceptors (Lipinski definition) is 3. The van der Waals surface area contributed by atoms with Crippen LogP contribution in [-0.2, 0) is 6.42 Å². The van der Waals surface area contributed by atoms with Crippen molar-refractivity contribution in [3.05, 3.63) is 35.7 Å². The van der Waals surface area contributed by atoms with E-state index in [1.165, 1.54) is 0 Å². The molecule has 1 unspecified atom stereocenters. The van der Waals surface area contributed by atoms with E-state index in [0.717, 1.165) is 35.3 Å². The number of fused-ring (bicyclic) bond motifs is 1. The number of nitrogens with zero attached hydrogens (tertiary/aromatic N) is 2. The van der Waals surface area contributed by atoms with Crippen LogP contribution in [-0.4, -0.2) is 23.1 Å². The molecule has 0 saturated carbocycles. The zero-order valence-corrected chi connectivity index (χ0v) is 12.3. The Labute approximate surface area is 115 Å². The molecule has 102 valence electrons. The minimum absolute atomic E-state index is 0.467. The van der Waals surface area contributed by atoms with E-state index < -0.39 is 0 Å². The van der Waals surface area contributed by atoms with Gasteiger partial charge in [-0.05, 0) is 38.4 Å². The molecule has 0 aliphatic rings. The maximum atomic E-state index is 4.77. The zero-order valence-electron chi connectivity index (χ0n) is 12.3. The predicted octanol–water partition coefficient (Wildman–Crippen LogP) is 3.11. The van der Waals surface area contributed by atoms with E-state index in [1.807, 2.05) is 31.3 Å². The van der Waals surface area contributed by atoms with Gasteiger partial charge >= 0.3 is 0 Å². The lowest BCUT2D eigenvalue weighted by Gasteiger charge is -2.18. The Hall–Kier alpha value is -1.48. The Balaban J connectivity index is 2.26. The zero-order chi connectivity index (χ0) is 13.8. The van der Waals surface area contributed by atoms with Gasteiger partial charge in [-0.3, -0.25) is 0 Å². The minimum Gasteiger partial charge on any atom is -0.317 e. The van der Waals surface area contributed by atoms with Crippen LogP contribution in [0.15, 0.2) is 24.3 Å². The number of hydrogen-bond donors (Lipinski definition) is 1. The summed E-state index contributed by atoms with van der Waals surface area (Å²) in [6.45, 7) is 6.56. The average molecular weight is 257 g/mol. The first-order valence-corrected chi connectivity index (χ1v) is 6.99. The third kappa shape index (κ3) is 3.51. The summed E-state index contributed by atoms with van der Waals surface area (Å²) in [5.41, 5.74) is 4.12. The molecule has 0 spiro atoms. The fourth-order valence-corrected chi connectivity index (χ4v) is 2.42. The maximum absolute atomic E-state index is 4.77. The Kier molecular flexibility index (Phi) is 4.48. The van der Waals surface area contributed by atoms with Gasteiger partial charge in [0.15, 0.2) is 0 Å². The first kappa shape index (κ1) is 13.9. The molecule has 0 saturated heterocycles. The molecule has 1 heterocycles. The molecule has 2 aromatic rings. The van der Waals surface area contributed by atoms with Gasteiger partial charge in [0.05, 0.1) is 22.4 Å². The smallest absolute Gasteiger partial charge is 0.0890 e. The van der Waals surface area contributed by atoms with Crippen molar-refractivity contribution in [3.8, 4) is 0 Å². The van der Waals surface area contributed by atoms with Crippen LogP contribution in [0.1, 0.15) is 31.7 Å². The van der Waals surface area contributed by atoms with Crippen LogP contribution in [0.25, 0.3) is 11.0 Å². The van der Waals surface area contributed by atoms with Crippen molar-refractivity contribution in [1.82, 2.24) is 15.3 Å². The van der Waals surface area contributed by atoms with Crippen LogP contribution in [0.5, 0.6) is 0 Å². The molecule has 1 aromatic carbocycles. The lowest BCUT2D eigenvalue weighted by molar-refractivity contribution is 0.437. The molecule has 0 radical (unpaired) electrons. The van der Waals surface area contributed by atoms with Crippen LogP contribution in [0.2, 0.25) is 0 Å². The van der Waals surface area contributed by atoms with Crippen LogP contribution in [0, 0.1) is 12.8 Å². The highest BCUT2D eigenvalue weighted by Crippen LogP contribution is 2.15. The van der Waals surface area contributed by atoms with Crippen molar-refractivity contribution in [1.29, 1.82) is 0 Å². The summed E-state index contributed by atoms with van der Waals surface area (Å²) in [6, 6.07) is 8.53. The molecule has 0 aliphatic carbocycles. The van der Waals surface area contributed by atoms with Crippen molar-refractivity contribution in [3.63, 3.8) is 0 Å². The van der Waals surface area contributed by atoms with E-state index in [1.54, 1.807) is 0 Å². The summed E-state index contributed by atoms with van der Waals surface area (Å²) >= 11 is 0. The van der Waals surface area contributed by atoms with Gasteiger partial charge in [0.2, 0.25) is 0 Å². The molecule has 1 aromatic heterocycles. The van der Waals surface area contributed by atoms with Crippen molar-refractivity contribution >= 4 is 11.0 Å². The summed E-state index contributed by atoms with van der Waals surface area (Å²) in [7, 11) is 2.02. The van der Waals surface area contributed by atoms with Crippen molar-refractivity contribution in [2.45, 2.75) is 39.7 Å². The van der Waals surface area contributed by atoms with Crippen molar-refractivity contribution < 1.29 is 0 Å². The molecule has 0 amide bonds. The van der Waals surface area contributed by atoms with E-state index in [9.17, 15) is 0 Å². The number of aromatic nitrogens is 2. The van der Waals surface area contributed by atoms with Gasteiger partial charge in [-0.2, -0.15) is 0 Å². The van der Waals surface area contributed by atoms with Crippen LogP contribution < -0.4 is 5.32 Å². The van der Waals surface area contributed by atoms with Crippen molar-refractivity contribution in [2.24, 2.45) is 5.92 Å². The Morgan fingerprint density at radius 2 is 1.74 bits per heavy atom. The third-order valence-electron chi connectivity index (χ3n) is 3.45. The van der Waals surface area contributed by atoms with E-state index in [2.05, 4.69) is 31.1 Å². The monoisotopic (exact) mass is 257 g/mol. The highest BCUT2D eigenvalue weighted by molar-refractivity contribution is 5.74. The number of benzene rings is 1. The normalized spacial score (nSPS) is 13.1. The van der Waals surface area contributed by atoms with Gasteiger partial charge in [0.25, 0.3) is 0 Å². The van der Waals surface area contributed by atoms with E-state index in [4.69, 9.17) is 4.98 Å². The Bertz CT molecular complexity index is 549. The lowest BCUT2D eigenvalue weighted by atomic mass is 9.99. The van der Waals surface area contributed by atoms with E-state index in [-0.39, 0.29) is 0 Å². The number of nitrogens with one attached hydrogen (secondary N) is 1. The first-order chi connectivity index (χ1) is 9.10. The number of para-hydroxylation sites is 2. The standard InChI is InChI=1S/C16H23N3/c1-11(2)9-13(17-4)10-16-12(3)18-14-7-5-6-8-15(14)19-16/h5-8,11,13,17H,9-10H2,1-4H3. The number of aryl methyl sites for hydroxylation is 1. The van der Waals surface area contributed by atoms with Crippen LogP contribution in [0.4, 0.5) is 0 Å². The second kappa shape index (κ2) is 6.11. The molecule has 0 aliphatic heterocycles. The fraction of sp³-hybridized carbons (Fsp3) is 0.500. The van der Waals surface area contributed by atoms with Crippen LogP contribution >= 0.6 is 0 Å². The first-order valence-electron chi connectivity index (χ1n) is 6.99. The summed E-state index contributed by atoms with van der Waals surface area (Å²) in [4.78, 5) is 9.42. The summed E-state index contributed by atoms with van der Waals surface area (Å²) in [6.07, 6.45) is 2.10. The quantitative estimate of drug-likeness (QED) is 0.894. The summed E-state index contributed by atoms with van der Waals surface area (Å²) in [5.74, 6) is 0.686. The third-order valence-corrected chi connectivity index (χ3v) is 3.45. The molecule has 0 bridgehead atoms. The second-order valence-corrected chi connectivity index (χ2v) is 5.56. The van der Waals surface area contributed by atoms with Crippen LogP contribution in [0.3, 0.4) is 0 Å². The Morgan fingerprint density at radius 1 is 1.11 bits per heavy atom. The molecule has 1 N–H and O–H groups in total. The van der Waals surface area contributed by atoms with Gasteiger partial charge in [-0.25, -0.2) is 9.97 Å². The van der Waals surface area contributed by atoms with Gasteiger partial charge in [-0.15, -0.1) is 0 Å². The molecule has 0 fully saturated rings. The SMILES string of the molecule is CNC(Cc1nc2ccccc2nc1C)CC(C)C. The fourth-order valence-electron chi connectivity index (χ4n) is 2.42. The highest BCUT2D eigenvalue weighted by atomic mass is 14.9. The molecule has 1 atom stereocenters. The minimum atomic E-state index is 0.467. The topological polar surface area (TPSA) is 37.8 Å². The van der Waals surface area contributed by atoms with E-state index >= 15 is 0 Å². The van der Waals surface area contributed by atoms with Gasteiger partial charge in [-0.1, -0.05) is 26.0 Å². The van der Waals surface area contributed by atoms with Gasteiger partial charge in [0, 0.05) is 12.5 Å². The summed E-state index contributed by atoms with van der Waals surface area (Å²) in [5, 5.41) is 3.39. The maximum Gasteiger partial charge on any atom is 0.0890 e. The Morgan fingerprint density at radius 3 is 2.32 bits per heavy atom. The van der Waals surface area contributed by atoms with Crippen molar-refractivity contribution in [2.75, 3.05) is 7.05 Å². The molecule has 3 heteroatoms. The lowest BCUT2D eigenvalue weighted by Crippen LogP contribution is -2.29. The number of rotatable bonds is 5. The van der Waals surface area contributed by atoms with E-state index in [0.29, 0.717) is 12.0 Å².